The van der Waals surface area contributed by atoms with E-state index in [2.05, 4.69) is 10.6 Å². The Morgan fingerprint density at radius 2 is 1.88 bits per heavy atom. The summed E-state index contributed by atoms with van der Waals surface area (Å²) in [6, 6.07) is -0.495. The number of sulfonamides is 1. The van der Waals surface area contributed by atoms with E-state index in [1.54, 1.807) is 6.92 Å². The van der Waals surface area contributed by atoms with E-state index >= 15 is 0 Å². The van der Waals surface area contributed by atoms with Crippen LogP contribution >= 0.6 is 0 Å². The van der Waals surface area contributed by atoms with E-state index in [9.17, 15) is 22.8 Å². The lowest BCUT2D eigenvalue weighted by Gasteiger charge is -2.29. The zero-order chi connectivity index (χ0) is 19.3. The molecule has 0 aromatic carbocycles. The summed E-state index contributed by atoms with van der Waals surface area (Å²) in [7, 11) is -3.26. The van der Waals surface area contributed by atoms with Crippen molar-refractivity contribution in [2.45, 2.75) is 19.8 Å². The number of hydrogen-bond donors (Lipinski definition) is 2. The number of carbonyl (C=O) groups is 3. The van der Waals surface area contributed by atoms with Crippen LogP contribution in [0.3, 0.4) is 0 Å². The number of ether oxygens (including phenoxy) is 2. The molecule has 0 radical (unpaired) electrons. The average Bonchev–Trinajstić information content (AvgIpc) is 2.59. The number of carbonyl (C=O) groups excluding carboxylic acids is 3. The van der Waals surface area contributed by atoms with Gasteiger partial charge in [0.1, 0.15) is 6.61 Å². The van der Waals surface area contributed by atoms with Gasteiger partial charge in [-0.2, -0.15) is 0 Å². The van der Waals surface area contributed by atoms with Crippen molar-refractivity contribution >= 4 is 28.0 Å². The fourth-order valence-corrected chi connectivity index (χ4v) is 3.63. The molecule has 1 fully saturated rings. The molecule has 0 atom stereocenters. The summed E-state index contributed by atoms with van der Waals surface area (Å²) in [6.07, 6.45) is 1.86. The SMILES string of the molecule is CCOC(=O)C1=C(COC(=O)C2CCN(S(C)(=O)=O)CC2)NC(=O)NC1. The van der Waals surface area contributed by atoms with Crippen LogP contribution in [0.1, 0.15) is 19.8 Å². The van der Waals surface area contributed by atoms with Crippen LogP contribution in [0.25, 0.3) is 0 Å². The van der Waals surface area contributed by atoms with Crippen LogP contribution in [0.2, 0.25) is 0 Å². The van der Waals surface area contributed by atoms with Gasteiger partial charge in [-0.15, -0.1) is 0 Å². The Kier molecular flexibility index (Phi) is 6.59. The van der Waals surface area contributed by atoms with E-state index in [1.165, 1.54) is 4.31 Å². The number of hydrogen-bond acceptors (Lipinski definition) is 7. The highest BCUT2D eigenvalue weighted by Gasteiger charge is 2.31. The van der Waals surface area contributed by atoms with Crippen molar-refractivity contribution in [3.8, 4) is 0 Å². The van der Waals surface area contributed by atoms with Gasteiger partial charge >= 0.3 is 18.0 Å². The summed E-state index contributed by atoms with van der Waals surface area (Å²) < 4.78 is 34.5. The van der Waals surface area contributed by atoms with E-state index in [0.29, 0.717) is 12.8 Å². The molecule has 0 unspecified atom stereocenters. The number of nitrogens with zero attached hydrogens (tertiary/aromatic N) is 1. The van der Waals surface area contributed by atoms with Gasteiger partial charge in [-0.3, -0.25) is 4.79 Å². The maximum absolute atomic E-state index is 12.2. The molecule has 0 spiro atoms. The van der Waals surface area contributed by atoms with Crippen molar-refractivity contribution in [1.82, 2.24) is 14.9 Å². The Labute approximate surface area is 151 Å². The minimum absolute atomic E-state index is 0.00962. The van der Waals surface area contributed by atoms with Crippen molar-refractivity contribution in [2.75, 3.05) is 39.1 Å². The van der Waals surface area contributed by atoms with Crippen molar-refractivity contribution in [3.63, 3.8) is 0 Å². The molecule has 2 aliphatic heterocycles. The number of amides is 2. The Bertz CT molecular complexity index is 709. The first-order chi connectivity index (χ1) is 12.2. The first-order valence-corrected chi connectivity index (χ1v) is 10.1. The van der Waals surface area contributed by atoms with Crippen LogP contribution < -0.4 is 10.6 Å². The normalized spacial score (nSPS) is 19.5. The third-order valence-electron chi connectivity index (χ3n) is 4.19. The molecule has 2 rings (SSSR count). The predicted octanol–water partition coefficient (Wildman–Crippen LogP) is -0.669. The van der Waals surface area contributed by atoms with Gasteiger partial charge in [0, 0.05) is 13.1 Å². The standard InChI is InChI=1S/C15H23N3O7S/c1-3-24-14(20)11-8-16-15(21)17-12(11)9-25-13(19)10-4-6-18(7-5-10)26(2,22)23/h10H,3-9H2,1-2H3,(H2,16,17,21). The van der Waals surface area contributed by atoms with Gasteiger partial charge in [-0.25, -0.2) is 22.3 Å². The molecule has 2 N–H and O–H groups in total. The van der Waals surface area contributed by atoms with Crippen LogP contribution in [0.4, 0.5) is 4.79 Å². The number of piperidine rings is 1. The minimum atomic E-state index is -3.26. The molecule has 26 heavy (non-hydrogen) atoms. The zero-order valence-electron chi connectivity index (χ0n) is 14.7. The van der Waals surface area contributed by atoms with E-state index in [4.69, 9.17) is 9.47 Å². The van der Waals surface area contributed by atoms with Crippen LogP contribution in [0, 0.1) is 5.92 Å². The summed E-state index contributed by atoms with van der Waals surface area (Å²) in [5.41, 5.74) is 0.389. The summed E-state index contributed by atoms with van der Waals surface area (Å²) in [5.74, 6) is -1.49. The molecule has 0 bridgehead atoms. The Morgan fingerprint density at radius 1 is 1.23 bits per heavy atom. The molecule has 0 saturated carbocycles. The second-order valence-corrected chi connectivity index (χ2v) is 8.01. The molecular formula is C15H23N3O7S. The minimum Gasteiger partial charge on any atom is -0.463 e. The quantitative estimate of drug-likeness (QED) is 0.576. The number of nitrogens with one attached hydrogen (secondary N) is 2. The molecule has 0 aromatic rings. The first-order valence-electron chi connectivity index (χ1n) is 8.28. The molecule has 11 heteroatoms. The van der Waals surface area contributed by atoms with Crippen LogP contribution in [-0.2, 0) is 29.1 Å². The van der Waals surface area contributed by atoms with Crippen LogP contribution in [0.15, 0.2) is 11.3 Å². The first kappa shape index (κ1) is 20.2. The molecule has 10 nitrogen and oxygen atoms in total. The van der Waals surface area contributed by atoms with E-state index in [-0.39, 0.29) is 44.1 Å². The average molecular weight is 389 g/mol. The summed E-state index contributed by atoms with van der Waals surface area (Å²) >= 11 is 0. The van der Waals surface area contributed by atoms with E-state index in [0.717, 1.165) is 6.26 Å². The van der Waals surface area contributed by atoms with Gasteiger partial charge in [-0.1, -0.05) is 0 Å². The molecule has 146 valence electrons. The van der Waals surface area contributed by atoms with Gasteiger partial charge in [0.15, 0.2) is 0 Å². The molecule has 2 heterocycles. The van der Waals surface area contributed by atoms with Crippen molar-refractivity contribution in [1.29, 1.82) is 0 Å². The van der Waals surface area contributed by atoms with Gasteiger partial charge < -0.3 is 20.1 Å². The lowest BCUT2D eigenvalue weighted by atomic mass is 9.98. The van der Waals surface area contributed by atoms with E-state index in [1.807, 2.05) is 0 Å². The van der Waals surface area contributed by atoms with Gasteiger partial charge in [0.25, 0.3) is 0 Å². The van der Waals surface area contributed by atoms with Crippen molar-refractivity contribution < 1.29 is 32.3 Å². The molecule has 2 aliphatic rings. The molecule has 0 aromatic heterocycles. The lowest BCUT2D eigenvalue weighted by molar-refractivity contribution is -0.149. The second-order valence-electron chi connectivity index (χ2n) is 6.03. The molecule has 0 aliphatic carbocycles. The topological polar surface area (TPSA) is 131 Å². The van der Waals surface area contributed by atoms with Crippen LogP contribution in [0.5, 0.6) is 0 Å². The third-order valence-corrected chi connectivity index (χ3v) is 5.49. The number of esters is 2. The van der Waals surface area contributed by atoms with Crippen molar-refractivity contribution in [3.05, 3.63) is 11.3 Å². The number of rotatable bonds is 6. The Morgan fingerprint density at radius 3 is 2.46 bits per heavy atom. The maximum Gasteiger partial charge on any atom is 0.337 e. The van der Waals surface area contributed by atoms with Gasteiger partial charge in [-0.05, 0) is 19.8 Å². The van der Waals surface area contributed by atoms with Crippen molar-refractivity contribution in [2.24, 2.45) is 5.92 Å². The van der Waals surface area contributed by atoms with Crippen LogP contribution in [-0.4, -0.2) is 69.8 Å². The lowest BCUT2D eigenvalue weighted by Crippen LogP contribution is -2.45. The Hall–Kier alpha value is -2.14. The van der Waals surface area contributed by atoms with Gasteiger partial charge in [0.05, 0.1) is 36.6 Å². The van der Waals surface area contributed by atoms with Gasteiger partial charge in [0.2, 0.25) is 10.0 Å². The maximum atomic E-state index is 12.2. The highest BCUT2D eigenvalue weighted by Crippen LogP contribution is 2.21. The zero-order valence-corrected chi connectivity index (χ0v) is 15.6. The van der Waals surface area contributed by atoms with E-state index < -0.39 is 33.9 Å². The molecule has 2 amide bonds. The fourth-order valence-electron chi connectivity index (χ4n) is 2.75. The summed E-state index contributed by atoms with van der Waals surface area (Å²) in [6.45, 7) is 2.10. The number of urea groups is 1. The third kappa shape index (κ3) is 5.18. The Balaban J connectivity index is 1.94. The summed E-state index contributed by atoms with van der Waals surface area (Å²) in [4.78, 5) is 35.6. The molecular weight excluding hydrogens is 366 g/mol. The summed E-state index contributed by atoms with van der Waals surface area (Å²) in [5, 5.41) is 4.91. The largest absolute Gasteiger partial charge is 0.463 e. The monoisotopic (exact) mass is 389 g/mol. The highest BCUT2D eigenvalue weighted by atomic mass is 32.2. The molecule has 1 saturated heterocycles. The smallest absolute Gasteiger partial charge is 0.337 e. The fraction of sp³-hybridized carbons (Fsp3) is 0.667. The second kappa shape index (κ2) is 8.49. The predicted molar refractivity (Wildman–Crippen MR) is 90.3 cm³/mol. The highest BCUT2D eigenvalue weighted by molar-refractivity contribution is 7.88.